The minimum atomic E-state index is -3.39. The smallest absolute Gasteiger partial charge is 0.243 e. The highest BCUT2D eigenvalue weighted by Crippen LogP contribution is 2.20. The van der Waals surface area contributed by atoms with Crippen LogP contribution in [0.4, 0.5) is 5.82 Å². The maximum atomic E-state index is 12.7. The quantitative estimate of drug-likeness (QED) is 0.661. The maximum absolute atomic E-state index is 12.7. The van der Waals surface area contributed by atoms with Crippen LogP contribution in [0.25, 0.3) is 11.3 Å². The molecule has 30 heavy (non-hydrogen) atoms. The Morgan fingerprint density at radius 3 is 2.20 bits per heavy atom. The molecule has 0 atom stereocenters. The number of aromatic nitrogens is 1. The molecule has 1 aliphatic heterocycles. The number of benzene rings is 2. The lowest BCUT2D eigenvalue weighted by Crippen LogP contribution is -2.48. The average molecular weight is 423 g/mol. The fourth-order valence-corrected chi connectivity index (χ4v) is 5.12. The molecule has 0 spiro atoms. The van der Waals surface area contributed by atoms with E-state index in [1.807, 2.05) is 18.2 Å². The molecule has 7 heteroatoms. The predicted octanol–water partition coefficient (Wildman–Crippen LogP) is 2.88. The number of nitrogens with zero attached hydrogens (tertiary/aromatic N) is 3. The Kier molecular flexibility index (Phi) is 6.13. The van der Waals surface area contributed by atoms with Crippen molar-refractivity contribution in [3.8, 4) is 11.3 Å². The fraction of sp³-hybridized carbons (Fsp3) is 0.261. The zero-order chi connectivity index (χ0) is 21.0. The van der Waals surface area contributed by atoms with Crippen LogP contribution >= 0.6 is 0 Å². The van der Waals surface area contributed by atoms with Gasteiger partial charge < -0.3 is 10.6 Å². The molecule has 4 rings (SSSR count). The molecule has 156 valence electrons. The molecule has 2 N–H and O–H groups in total. The Balaban J connectivity index is 1.30. The maximum Gasteiger partial charge on any atom is 0.243 e. The number of hydrogen-bond acceptors (Lipinski definition) is 5. The molecule has 2 aromatic carbocycles. The number of nitrogen functional groups attached to an aromatic ring is 1. The van der Waals surface area contributed by atoms with Crippen LogP contribution in [0, 0.1) is 0 Å². The SMILES string of the molecule is Nc1cccc(-c2ccc(CCN3CCN(S(=O)(=O)c4ccccc4)CC3)cc2)n1. The fourth-order valence-electron chi connectivity index (χ4n) is 3.68. The third-order valence-corrected chi connectivity index (χ3v) is 7.36. The van der Waals surface area contributed by atoms with E-state index < -0.39 is 10.0 Å². The highest BCUT2D eigenvalue weighted by molar-refractivity contribution is 7.89. The normalized spacial score (nSPS) is 15.9. The third-order valence-electron chi connectivity index (χ3n) is 5.45. The first kappa shape index (κ1) is 20.5. The summed E-state index contributed by atoms with van der Waals surface area (Å²) in [5.74, 6) is 0.519. The minimum absolute atomic E-state index is 0.369. The van der Waals surface area contributed by atoms with Crippen LogP contribution in [0.5, 0.6) is 0 Å². The van der Waals surface area contributed by atoms with Crippen LogP contribution in [-0.4, -0.2) is 55.3 Å². The zero-order valence-electron chi connectivity index (χ0n) is 16.8. The zero-order valence-corrected chi connectivity index (χ0v) is 17.6. The van der Waals surface area contributed by atoms with Gasteiger partial charge in [0.25, 0.3) is 0 Å². The minimum Gasteiger partial charge on any atom is -0.384 e. The molecule has 2 heterocycles. The summed E-state index contributed by atoms with van der Waals surface area (Å²) in [5.41, 5.74) is 8.94. The molecule has 0 radical (unpaired) electrons. The molecule has 1 aromatic heterocycles. The number of nitrogens with two attached hydrogens (primary N) is 1. The number of hydrogen-bond donors (Lipinski definition) is 1. The van der Waals surface area contributed by atoms with Gasteiger partial charge in [-0.3, -0.25) is 0 Å². The number of rotatable bonds is 6. The summed E-state index contributed by atoms with van der Waals surface area (Å²) >= 11 is 0. The Labute approximate surface area is 178 Å². The van der Waals surface area contributed by atoms with Crippen LogP contribution < -0.4 is 5.73 Å². The monoisotopic (exact) mass is 422 g/mol. The van der Waals surface area contributed by atoms with Crippen LogP contribution in [0.3, 0.4) is 0 Å². The van der Waals surface area contributed by atoms with Crippen molar-refractivity contribution in [1.29, 1.82) is 0 Å². The molecule has 1 saturated heterocycles. The van der Waals surface area contributed by atoms with Gasteiger partial charge in [0.05, 0.1) is 10.6 Å². The van der Waals surface area contributed by atoms with Crippen LogP contribution in [-0.2, 0) is 16.4 Å². The molecule has 6 nitrogen and oxygen atoms in total. The van der Waals surface area contributed by atoms with Crippen molar-refractivity contribution in [2.24, 2.45) is 0 Å². The van der Waals surface area contributed by atoms with E-state index in [0.29, 0.717) is 23.8 Å². The van der Waals surface area contributed by atoms with Gasteiger partial charge in [0.1, 0.15) is 5.82 Å². The standard InChI is InChI=1S/C23H26N4O2S/c24-23-8-4-7-22(25-23)20-11-9-19(10-12-20)13-14-26-15-17-27(18-16-26)30(28,29)21-5-2-1-3-6-21/h1-12H,13-18H2,(H2,24,25). The number of pyridine rings is 1. The topological polar surface area (TPSA) is 79.5 Å². The summed E-state index contributed by atoms with van der Waals surface area (Å²) in [6, 6.07) is 22.7. The number of sulfonamides is 1. The van der Waals surface area contributed by atoms with Crippen molar-refractivity contribution in [3.05, 3.63) is 78.4 Å². The van der Waals surface area contributed by atoms with Gasteiger partial charge in [-0.1, -0.05) is 48.5 Å². The molecule has 0 amide bonds. The summed E-state index contributed by atoms with van der Waals surface area (Å²) in [6.07, 6.45) is 0.927. The molecule has 0 bridgehead atoms. The Morgan fingerprint density at radius 2 is 1.53 bits per heavy atom. The second-order valence-corrected chi connectivity index (χ2v) is 9.39. The summed E-state index contributed by atoms with van der Waals surface area (Å²) in [6.45, 7) is 3.46. The first-order chi connectivity index (χ1) is 14.5. The second-order valence-electron chi connectivity index (χ2n) is 7.45. The van der Waals surface area contributed by atoms with Gasteiger partial charge in [-0.15, -0.1) is 0 Å². The van der Waals surface area contributed by atoms with Gasteiger partial charge >= 0.3 is 0 Å². The van der Waals surface area contributed by atoms with E-state index >= 15 is 0 Å². The Morgan fingerprint density at radius 1 is 0.833 bits per heavy atom. The molecule has 0 aliphatic carbocycles. The van der Waals surface area contributed by atoms with Gasteiger partial charge in [0, 0.05) is 38.3 Å². The molecule has 0 unspecified atom stereocenters. The molecule has 1 aliphatic rings. The first-order valence-electron chi connectivity index (χ1n) is 10.1. The van der Waals surface area contributed by atoms with Crippen molar-refractivity contribution in [3.63, 3.8) is 0 Å². The Bertz CT molecular complexity index is 1080. The molecular weight excluding hydrogens is 396 g/mol. The highest BCUT2D eigenvalue weighted by atomic mass is 32.2. The van der Waals surface area contributed by atoms with Gasteiger partial charge in [-0.2, -0.15) is 4.31 Å². The summed E-state index contributed by atoms with van der Waals surface area (Å²) in [4.78, 5) is 7.05. The van der Waals surface area contributed by atoms with Crippen molar-refractivity contribution < 1.29 is 8.42 Å². The summed E-state index contributed by atoms with van der Waals surface area (Å²) < 4.78 is 27.1. The third kappa shape index (κ3) is 4.70. The van der Waals surface area contributed by atoms with Gasteiger partial charge in [-0.25, -0.2) is 13.4 Å². The average Bonchev–Trinajstić information content (AvgIpc) is 2.79. The lowest BCUT2D eigenvalue weighted by atomic mass is 10.1. The summed E-state index contributed by atoms with van der Waals surface area (Å²) in [7, 11) is -3.39. The van der Waals surface area contributed by atoms with E-state index in [1.54, 1.807) is 34.6 Å². The van der Waals surface area contributed by atoms with Crippen molar-refractivity contribution >= 4 is 15.8 Å². The van der Waals surface area contributed by atoms with E-state index in [9.17, 15) is 8.42 Å². The van der Waals surface area contributed by atoms with Gasteiger partial charge in [0.15, 0.2) is 0 Å². The predicted molar refractivity (Wildman–Crippen MR) is 119 cm³/mol. The summed E-state index contributed by atoms with van der Waals surface area (Å²) in [5, 5.41) is 0. The van der Waals surface area contributed by atoms with E-state index in [2.05, 4.69) is 34.1 Å². The molecule has 1 fully saturated rings. The van der Waals surface area contributed by atoms with Gasteiger partial charge in [-0.05, 0) is 36.2 Å². The molecule has 3 aromatic rings. The number of anilines is 1. The van der Waals surface area contributed by atoms with Crippen LogP contribution in [0.1, 0.15) is 5.56 Å². The molecule has 0 saturated carbocycles. The van der Waals surface area contributed by atoms with E-state index in [1.165, 1.54) is 5.56 Å². The van der Waals surface area contributed by atoms with Crippen molar-refractivity contribution in [1.82, 2.24) is 14.2 Å². The van der Waals surface area contributed by atoms with Crippen molar-refractivity contribution in [2.75, 3.05) is 38.5 Å². The highest BCUT2D eigenvalue weighted by Gasteiger charge is 2.28. The van der Waals surface area contributed by atoms with Crippen molar-refractivity contribution in [2.45, 2.75) is 11.3 Å². The first-order valence-corrected chi connectivity index (χ1v) is 11.6. The second kappa shape index (κ2) is 8.95. The molecular formula is C23H26N4O2S. The Hall–Kier alpha value is -2.74. The lowest BCUT2D eigenvalue weighted by Gasteiger charge is -2.34. The van der Waals surface area contributed by atoms with Crippen LogP contribution in [0.2, 0.25) is 0 Å². The lowest BCUT2D eigenvalue weighted by molar-refractivity contribution is 0.190. The largest absolute Gasteiger partial charge is 0.384 e. The van der Waals surface area contributed by atoms with Crippen LogP contribution in [0.15, 0.2) is 77.7 Å². The van der Waals surface area contributed by atoms with Gasteiger partial charge in [0.2, 0.25) is 10.0 Å². The van der Waals surface area contributed by atoms with E-state index in [-0.39, 0.29) is 0 Å². The van der Waals surface area contributed by atoms with E-state index in [0.717, 1.165) is 37.3 Å². The number of piperazine rings is 1. The van der Waals surface area contributed by atoms with E-state index in [4.69, 9.17) is 5.73 Å².